The number of benzene rings is 1. The molecule has 1 N–H and O–H groups in total. The van der Waals surface area contributed by atoms with Crippen molar-refractivity contribution in [2.45, 2.75) is 33.3 Å². The monoisotopic (exact) mass is 194 g/mol. The first-order valence-electron chi connectivity index (χ1n) is 5.06. The number of aryl methyl sites for hydroxylation is 1. The van der Waals surface area contributed by atoms with Gasteiger partial charge in [0.2, 0.25) is 0 Å². The third kappa shape index (κ3) is 2.74. The molecule has 0 amide bonds. The zero-order valence-corrected chi connectivity index (χ0v) is 9.08. The van der Waals surface area contributed by atoms with Gasteiger partial charge in [-0.3, -0.25) is 0 Å². The lowest BCUT2D eigenvalue weighted by Gasteiger charge is -2.11. The molecule has 0 fully saturated rings. The highest BCUT2D eigenvalue weighted by Gasteiger charge is 2.05. The lowest BCUT2D eigenvalue weighted by atomic mass is 10.0. The van der Waals surface area contributed by atoms with Crippen molar-refractivity contribution in [2.24, 2.45) is 0 Å². The average Bonchev–Trinajstić information content (AvgIpc) is 2.14. The second-order valence-corrected chi connectivity index (χ2v) is 3.54. The lowest BCUT2D eigenvalue weighted by Crippen LogP contribution is -1.98. The molecule has 0 bridgehead atoms. The van der Waals surface area contributed by atoms with Gasteiger partial charge in [-0.25, -0.2) is 0 Å². The van der Waals surface area contributed by atoms with Gasteiger partial charge in [0.05, 0.1) is 12.7 Å². The summed E-state index contributed by atoms with van der Waals surface area (Å²) in [5, 5.41) is 9.43. The van der Waals surface area contributed by atoms with E-state index >= 15 is 0 Å². The molecule has 1 atom stereocenters. The molecule has 0 radical (unpaired) electrons. The number of aliphatic hydroxyl groups is 1. The molecule has 1 aromatic rings. The molecule has 0 spiro atoms. The Labute approximate surface area is 85.5 Å². The molecular formula is C12H18O2. The minimum atomic E-state index is -0.407. The maximum absolute atomic E-state index is 9.43. The van der Waals surface area contributed by atoms with Gasteiger partial charge in [0.1, 0.15) is 5.75 Å². The van der Waals surface area contributed by atoms with Crippen LogP contribution in [-0.2, 0) is 0 Å². The molecule has 0 aliphatic rings. The molecule has 0 aromatic heterocycles. The van der Waals surface area contributed by atoms with Crippen LogP contribution in [0.25, 0.3) is 0 Å². The van der Waals surface area contributed by atoms with E-state index in [0.717, 1.165) is 29.9 Å². The Morgan fingerprint density at radius 3 is 2.64 bits per heavy atom. The van der Waals surface area contributed by atoms with Crippen LogP contribution in [0.15, 0.2) is 18.2 Å². The molecule has 1 rings (SSSR count). The minimum Gasteiger partial charge on any atom is -0.494 e. The van der Waals surface area contributed by atoms with Gasteiger partial charge >= 0.3 is 0 Å². The third-order valence-corrected chi connectivity index (χ3v) is 2.16. The topological polar surface area (TPSA) is 29.5 Å². The van der Waals surface area contributed by atoms with E-state index < -0.39 is 6.10 Å². The largest absolute Gasteiger partial charge is 0.494 e. The highest BCUT2D eigenvalue weighted by atomic mass is 16.5. The molecule has 14 heavy (non-hydrogen) atoms. The lowest BCUT2D eigenvalue weighted by molar-refractivity contribution is 0.198. The molecule has 0 aliphatic heterocycles. The fourth-order valence-electron chi connectivity index (χ4n) is 1.43. The fraction of sp³-hybridized carbons (Fsp3) is 0.500. The van der Waals surface area contributed by atoms with E-state index in [0.29, 0.717) is 0 Å². The van der Waals surface area contributed by atoms with E-state index in [-0.39, 0.29) is 0 Å². The Balaban J connectivity index is 2.78. The van der Waals surface area contributed by atoms with E-state index in [1.54, 1.807) is 6.92 Å². The van der Waals surface area contributed by atoms with Crippen molar-refractivity contribution in [3.63, 3.8) is 0 Å². The SMILES string of the molecule is CCCOc1ccc([C@H](C)O)c(C)c1. The Morgan fingerprint density at radius 2 is 2.14 bits per heavy atom. The van der Waals surface area contributed by atoms with E-state index in [1.807, 2.05) is 25.1 Å². The summed E-state index contributed by atoms with van der Waals surface area (Å²) < 4.78 is 5.49. The van der Waals surface area contributed by atoms with Crippen molar-refractivity contribution in [3.8, 4) is 5.75 Å². The first kappa shape index (κ1) is 11.1. The smallest absolute Gasteiger partial charge is 0.119 e. The Bertz CT molecular complexity index is 292. The number of rotatable bonds is 4. The van der Waals surface area contributed by atoms with Gasteiger partial charge in [0, 0.05) is 0 Å². The summed E-state index contributed by atoms with van der Waals surface area (Å²) in [7, 11) is 0. The third-order valence-electron chi connectivity index (χ3n) is 2.16. The first-order chi connectivity index (χ1) is 6.65. The minimum absolute atomic E-state index is 0.407. The molecule has 0 saturated carbocycles. The summed E-state index contributed by atoms with van der Waals surface area (Å²) in [5.74, 6) is 0.883. The quantitative estimate of drug-likeness (QED) is 0.798. The maximum atomic E-state index is 9.43. The second-order valence-electron chi connectivity index (χ2n) is 3.54. The fourth-order valence-corrected chi connectivity index (χ4v) is 1.43. The van der Waals surface area contributed by atoms with Crippen LogP contribution in [0.3, 0.4) is 0 Å². The molecule has 2 heteroatoms. The van der Waals surface area contributed by atoms with Gasteiger partial charge in [-0.2, -0.15) is 0 Å². The molecule has 0 saturated heterocycles. The summed E-state index contributed by atoms with van der Waals surface area (Å²) >= 11 is 0. The standard InChI is InChI=1S/C12H18O2/c1-4-7-14-11-5-6-12(10(3)13)9(2)8-11/h5-6,8,10,13H,4,7H2,1-3H3/t10-/m0/s1. The summed E-state index contributed by atoms with van der Waals surface area (Å²) in [6, 6.07) is 5.80. The van der Waals surface area contributed by atoms with Gasteiger partial charge in [0.25, 0.3) is 0 Å². The zero-order valence-electron chi connectivity index (χ0n) is 9.08. The van der Waals surface area contributed by atoms with Crippen LogP contribution in [0.2, 0.25) is 0 Å². The van der Waals surface area contributed by atoms with Crippen LogP contribution >= 0.6 is 0 Å². The van der Waals surface area contributed by atoms with Crippen molar-refractivity contribution < 1.29 is 9.84 Å². The molecule has 0 unspecified atom stereocenters. The Hall–Kier alpha value is -1.02. The maximum Gasteiger partial charge on any atom is 0.119 e. The van der Waals surface area contributed by atoms with Crippen molar-refractivity contribution in [1.82, 2.24) is 0 Å². The first-order valence-corrected chi connectivity index (χ1v) is 5.06. The van der Waals surface area contributed by atoms with Crippen molar-refractivity contribution >= 4 is 0 Å². The van der Waals surface area contributed by atoms with Crippen LogP contribution in [0.5, 0.6) is 5.75 Å². The summed E-state index contributed by atoms with van der Waals surface area (Å²) in [4.78, 5) is 0. The number of hydrogen-bond acceptors (Lipinski definition) is 2. The van der Waals surface area contributed by atoms with Crippen LogP contribution in [0, 0.1) is 6.92 Å². The van der Waals surface area contributed by atoms with Gasteiger partial charge in [-0.15, -0.1) is 0 Å². The Kier molecular flexibility index (Phi) is 3.96. The average molecular weight is 194 g/mol. The second kappa shape index (κ2) is 5.01. The summed E-state index contributed by atoms with van der Waals surface area (Å²) in [6.07, 6.45) is 0.604. The van der Waals surface area contributed by atoms with Crippen LogP contribution < -0.4 is 4.74 Å². The van der Waals surface area contributed by atoms with E-state index in [1.165, 1.54) is 0 Å². The summed E-state index contributed by atoms with van der Waals surface area (Å²) in [6.45, 7) is 6.58. The van der Waals surface area contributed by atoms with Gasteiger partial charge < -0.3 is 9.84 Å². The van der Waals surface area contributed by atoms with Crippen molar-refractivity contribution in [2.75, 3.05) is 6.61 Å². The molecule has 1 aromatic carbocycles. The summed E-state index contributed by atoms with van der Waals surface area (Å²) in [5.41, 5.74) is 2.04. The highest BCUT2D eigenvalue weighted by Crippen LogP contribution is 2.22. The molecule has 78 valence electrons. The van der Waals surface area contributed by atoms with Gasteiger partial charge in [-0.1, -0.05) is 13.0 Å². The van der Waals surface area contributed by atoms with Gasteiger partial charge in [0.15, 0.2) is 0 Å². The van der Waals surface area contributed by atoms with E-state index in [9.17, 15) is 5.11 Å². The number of hydrogen-bond donors (Lipinski definition) is 1. The van der Waals surface area contributed by atoms with Crippen LogP contribution in [0.1, 0.15) is 37.5 Å². The van der Waals surface area contributed by atoms with Crippen molar-refractivity contribution in [1.29, 1.82) is 0 Å². The number of ether oxygens (including phenoxy) is 1. The predicted molar refractivity (Wildman–Crippen MR) is 57.6 cm³/mol. The normalized spacial score (nSPS) is 12.6. The van der Waals surface area contributed by atoms with Crippen LogP contribution in [-0.4, -0.2) is 11.7 Å². The molecular weight excluding hydrogens is 176 g/mol. The zero-order chi connectivity index (χ0) is 10.6. The molecule has 0 aliphatic carbocycles. The number of aliphatic hydroxyl groups excluding tert-OH is 1. The molecule has 2 nitrogen and oxygen atoms in total. The predicted octanol–water partition coefficient (Wildman–Crippen LogP) is 2.84. The van der Waals surface area contributed by atoms with E-state index in [2.05, 4.69) is 6.92 Å². The molecule has 0 heterocycles. The van der Waals surface area contributed by atoms with E-state index in [4.69, 9.17) is 4.74 Å². The van der Waals surface area contributed by atoms with Crippen LogP contribution in [0.4, 0.5) is 0 Å². The van der Waals surface area contributed by atoms with Gasteiger partial charge in [-0.05, 0) is 43.5 Å². The highest BCUT2D eigenvalue weighted by molar-refractivity contribution is 5.35. The van der Waals surface area contributed by atoms with Crippen molar-refractivity contribution in [3.05, 3.63) is 29.3 Å². The Morgan fingerprint density at radius 1 is 1.43 bits per heavy atom.